The Labute approximate surface area is 134 Å². The van der Waals surface area contributed by atoms with Crippen LogP contribution in [-0.4, -0.2) is 20.9 Å². The number of primary sulfonamides is 1. The number of benzene rings is 1. The molecule has 0 radical (unpaired) electrons. The molecular weight excluding hydrogens is 316 g/mol. The standard InChI is InChI=1S/C16H16N2O4S/c1-11-2-4-13(22-11)5-7-16(19)18-9-8-12-3-6-14(10-15(12)18)23(17,20)21/h2-7,10H,8-9H2,1H3,(H2,17,20,21)/b7-5-. The molecule has 1 amide bonds. The molecule has 2 heterocycles. The van der Waals surface area contributed by atoms with Crippen molar-refractivity contribution in [2.45, 2.75) is 18.2 Å². The van der Waals surface area contributed by atoms with E-state index in [1.807, 2.05) is 13.0 Å². The van der Waals surface area contributed by atoms with Crippen molar-refractivity contribution >= 4 is 27.7 Å². The summed E-state index contributed by atoms with van der Waals surface area (Å²) in [6.45, 7) is 2.33. The van der Waals surface area contributed by atoms with Gasteiger partial charge in [0, 0.05) is 18.3 Å². The lowest BCUT2D eigenvalue weighted by molar-refractivity contribution is -0.114. The highest BCUT2D eigenvalue weighted by Gasteiger charge is 2.25. The van der Waals surface area contributed by atoms with Crippen molar-refractivity contribution in [3.8, 4) is 0 Å². The number of nitrogens with two attached hydrogens (primary N) is 1. The number of hydrogen-bond donors (Lipinski definition) is 1. The number of sulfonamides is 1. The molecule has 120 valence electrons. The van der Waals surface area contributed by atoms with Gasteiger partial charge in [0.25, 0.3) is 5.91 Å². The van der Waals surface area contributed by atoms with E-state index in [9.17, 15) is 13.2 Å². The summed E-state index contributed by atoms with van der Waals surface area (Å²) in [5, 5.41) is 5.15. The van der Waals surface area contributed by atoms with E-state index >= 15 is 0 Å². The Bertz CT molecular complexity index is 897. The van der Waals surface area contributed by atoms with Gasteiger partial charge in [-0.1, -0.05) is 6.07 Å². The van der Waals surface area contributed by atoms with E-state index in [-0.39, 0.29) is 10.8 Å². The van der Waals surface area contributed by atoms with Crippen LogP contribution in [0.15, 0.2) is 45.7 Å². The second kappa shape index (κ2) is 5.68. The first-order chi connectivity index (χ1) is 10.8. The van der Waals surface area contributed by atoms with Crippen LogP contribution >= 0.6 is 0 Å². The van der Waals surface area contributed by atoms with E-state index in [1.165, 1.54) is 23.1 Å². The molecular formula is C16H16N2O4S. The predicted octanol–water partition coefficient (Wildman–Crippen LogP) is 1.84. The van der Waals surface area contributed by atoms with Gasteiger partial charge in [-0.25, -0.2) is 13.6 Å². The smallest absolute Gasteiger partial charge is 0.251 e. The lowest BCUT2D eigenvalue weighted by Gasteiger charge is -2.15. The van der Waals surface area contributed by atoms with Gasteiger partial charge in [0.05, 0.1) is 4.90 Å². The van der Waals surface area contributed by atoms with Crippen LogP contribution in [0.2, 0.25) is 0 Å². The zero-order valence-corrected chi connectivity index (χ0v) is 13.3. The fourth-order valence-corrected chi connectivity index (χ4v) is 3.08. The second-order valence-corrected chi connectivity index (χ2v) is 6.92. The molecule has 6 nitrogen and oxygen atoms in total. The normalized spacial score (nSPS) is 14.4. The summed E-state index contributed by atoms with van der Waals surface area (Å²) >= 11 is 0. The van der Waals surface area contributed by atoms with Crippen molar-refractivity contribution in [1.29, 1.82) is 0 Å². The second-order valence-electron chi connectivity index (χ2n) is 5.36. The maximum Gasteiger partial charge on any atom is 0.251 e. The van der Waals surface area contributed by atoms with Crippen molar-refractivity contribution < 1.29 is 17.6 Å². The van der Waals surface area contributed by atoms with Crippen LogP contribution in [0.5, 0.6) is 0 Å². The number of fused-ring (bicyclic) bond motifs is 1. The molecule has 0 fully saturated rings. The Balaban J connectivity index is 1.86. The summed E-state index contributed by atoms with van der Waals surface area (Å²) in [5.41, 5.74) is 1.51. The third kappa shape index (κ3) is 3.20. The van der Waals surface area contributed by atoms with Crippen LogP contribution < -0.4 is 10.0 Å². The lowest BCUT2D eigenvalue weighted by Crippen LogP contribution is -2.27. The van der Waals surface area contributed by atoms with Crippen LogP contribution in [0.3, 0.4) is 0 Å². The van der Waals surface area contributed by atoms with Crippen molar-refractivity contribution in [2.75, 3.05) is 11.4 Å². The number of carbonyl (C=O) groups excluding carboxylic acids is 1. The quantitative estimate of drug-likeness (QED) is 0.868. The van der Waals surface area contributed by atoms with E-state index in [4.69, 9.17) is 9.56 Å². The van der Waals surface area contributed by atoms with Gasteiger partial charge in [0.2, 0.25) is 10.0 Å². The van der Waals surface area contributed by atoms with Gasteiger partial charge in [0.1, 0.15) is 11.5 Å². The molecule has 0 aliphatic carbocycles. The van der Waals surface area contributed by atoms with E-state index in [1.54, 1.807) is 18.2 Å². The molecule has 23 heavy (non-hydrogen) atoms. The Kier molecular flexibility index (Phi) is 3.83. The topological polar surface area (TPSA) is 93.6 Å². The van der Waals surface area contributed by atoms with E-state index in [0.29, 0.717) is 24.4 Å². The van der Waals surface area contributed by atoms with E-state index in [0.717, 1.165) is 11.3 Å². The molecule has 2 aromatic rings. The van der Waals surface area contributed by atoms with Gasteiger partial charge in [-0.05, 0) is 49.2 Å². The Morgan fingerprint density at radius 1 is 1.30 bits per heavy atom. The molecule has 1 aliphatic heterocycles. The SMILES string of the molecule is Cc1ccc(/C=C\C(=O)N2CCc3ccc(S(N)(=O)=O)cc32)o1. The summed E-state index contributed by atoms with van der Waals surface area (Å²) in [4.78, 5) is 13.9. The van der Waals surface area contributed by atoms with Gasteiger partial charge in [-0.15, -0.1) is 0 Å². The first-order valence-corrected chi connectivity index (χ1v) is 8.61. The largest absolute Gasteiger partial charge is 0.462 e. The third-order valence-electron chi connectivity index (χ3n) is 3.70. The number of anilines is 1. The molecule has 0 bridgehead atoms. The Morgan fingerprint density at radius 3 is 2.74 bits per heavy atom. The first-order valence-electron chi connectivity index (χ1n) is 7.06. The van der Waals surface area contributed by atoms with Crippen LogP contribution in [0, 0.1) is 6.92 Å². The number of aryl methyl sites for hydroxylation is 1. The first kappa shape index (κ1) is 15.5. The van der Waals surface area contributed by atoms with Crippen molar-refractivity contribution in [3.63, 3.8) is 0 Å². The fourth-order valence-electron chi connectivity index (χ4n) is 2.55. The van der Waals surface area contributed by atoms with Crippen LogP contribution in [0.1, 0.15) is 17.1 Å². The Hall–Kier alpha value is -2.38. The number of rotatable bonds is 3. The van der Waals surface area contributed by atoms with Crippen LogP contribution in [0.25, 0.3) is 6.08 Å². The van der Waals surface area contributed by atoms with Crippen LogP contribution in [0.4, 0.5) is 5.69 Å². The summed E-state index contributed by atoms with van der Waals surface area (Å²) in [6, 6.07) is 8.19. The molecule has 0 unspecified atom stereocenters. The maximum absolute atomic E-state index is 12.4. The van der Waals surface area contributed by atoms with E-state index < -0.39 is 10.0 Å². The molecule has 7 heteroatoms. The minimum Gasteiger partial charge on any atom is -0.462 e. The molecule has 1 aromatic heterocycles. The lowest BCUT2D eigenvalue weighted by atomic mass is 10.2. The third-order valence-corrected chi connectivity index (χ3v) is 4.61. The molecule has 0 saturated heterocycles. The van der Waals surface area contributed by atoms with Gasteiger partial charge >= 0.3 is 0 Å². The molecule has 1 aromatic carbocycles. The fraction of sp³-hybridized carbons (Fsp3) is 0.188. The molecule has 0 spiro atoms. The Morgan fingerprint density at radius 2 is 2.09 bits per heavy atom. The number of nitrogens with zero attached hydrogens (tertiary/aromatic N) is 1. The summed E-state index contributed by atoms with van der Waals surface area (Å²) < 4.78 is 28.3. The van der Waals surface area contributed by atoms with Gasteiger partial charge in [-0.3, -0.25) is 4.79 Å². The highest BCUT2D eigenvalue weighted by Crippen LogP contribution is 2.30. The average molecular weight is 332 g/mol. The monoisotopic (exact) mass is 332 g/mol. The molecule has 1 aliphatic rings. The average Bonchev–Trinajstić information content (AvgIpc) is 3.09. The number of carbonyl (C=O) groups is 1. The molecule has 2 N–H and O–H groups in total. The number of furan rings is 1. The molecule has 0 atom stereocenters. The molecule has 0 saturated carbocycles. The van der Waals surface area contributed by atoms with Crippen molar-refractivity contribution in [2.24, 2.45) is 5.14 Å². The summed E-state index contributed by atoms with van der Waals surface area (Å²) in [5.74, 6) is 1.12. The van der Waals surface area contributed by atoms with Gasteiger partial charge < -0.3 is 9.32 Å². The van der Waals surface area contributed by atoms with E-state index in [2.05, 4.69) is 0 Å². The predicted molar refractivity (Wildman–Crippen MR) is 86.4 cm³/mol. The van der Waals surface area contributed by atoms with Crippen LogP contribution in [-0.2, 0) is 21.2 Å². The maximum atomic E-state index is 12.4. The van der Waals surface area contributed by atoms with Gasteiger partial charge in [0.15, 0.2) is 0 Å². The minimum absolute atomic E-state index is 0.00147. The van der Waals surface area contributed by atoms with Crippen molar-refractivity contribution in [3.05, 3.63) is 53.5 Å². The highest BCUT2D eigenvalue weighted by atomic mass is 32.2. The molecule has 3 rings (SSSR count). The highest BCUT2D eigenvalue weighted by molar-refractivity contribution is 7.89. The van der Waals surface area contributed by atoms with Gasteiger partial charge in [-0.2, -0.15) is 0 Å². The zero-order chi connectivity index (χ0) is 16.6. The number of hydrogen-bond acceptors (Lipinski definition) is 4. The van der Waals surface area contributed by atoms with Crippen molar-refractivity contribution in [1.82, 2.24) is 0 Å². The number of amides is 1. The summed E-state index contributed by atoms with van der Waals surface area (Å²) in [6.07, 6.45) is 3.69. The zero-order valence-electron chi connectivity index (χ0n) is 12.5. The summed E-state index contributed by atoms with van der Waals surface area (Å²) in [7, 11) is -3.80. The minimum atomic E-state index is -3.80.